The maximum Gasteiger partial charge on any atom is 0.267 e. The predicted molar refractivity (Wildman–Crippen MR) is 117 cm³/mol. The number of hydrogen-bond acceptors (Lipinski definition) is 4. The van der Waals surface area contributed by atoms with Crippen LogP contribution in [0.15, 0.2) is 89.3 Å². The molecule has 1 fully saturated rings. The van der Waals surface area contributed by atoms with E-state index in [4.69, 9.17) is 0 Å². The summed E-state index contributed by atoms with van der Waals surface area (Å²) in [6.07, 6.45) is 3.59. The third-order valence-electron chi connectivity index (χ3n) is 4.36. The molecule has 1 aliphatic rings. The van der Waals surface area contributed by atoms with Crippen molar-refractivity contribution >= 4 is 45.4 Å². The van der Waals surface area contributed by atoms with Crippen LogP contribution in [0.4, 0.5) is 5.69 Å². The molecular formula is C23H18N2O2S. The Morgan fingerprint density at radius 3 is 2.68 bits per heavy atom. The van der Waals surface area contributed by atoms with Crippen molar-refractivity contribution in [3.05, 3.63) is 89.9 Å². The van der Waals surface area contributed by atoms with Gasteiger partial charge in [-0.1, -0.05) is 54.6 Å². The molecule has 0 aromatic heterocycles. The lowest BCUT2D eigenvalue weighted by atomic mass is 10.0. The standard InChI is InChI=1S/C23H18N2O2S/c1-2-13-25-22(27)21(28-23(25)24-18-10-6-11-19(26)15-18)14-17-9-5-8-16-7-3-4-12-20(16)17/h2-12,14-15,26H,1,13H2/b21-14-,24-23?. The zero-order valence-electron chi connectivity index (χ0n) is 15.1. The van der Waals surface area contributed by atoms with Crippen molar-refractivity contribution in [2.24, 2.45) is 4.99 Å². The van der Waals surface area contributed by atoms with Crippen LogP contribution >= 0.6 is 11.8 Å². The van der Waals surface area contributed by atoms with Gasteiger partial charge in [0.1, 0.15) is 5.75 Å². The SMILES string of the molecule is C=CCN1C(=O)/C(=C/c2cccc3ccccc23)SC1=Nc1cccc(O)c1. The number of nitrogens with zero attached hydrogens (tertiary/aromatic N) is 2. The van der Waals surface area contributed by atoms with E-state index >= 15 is 0 Å². The molecule has 4 nitrogen and oxygen atoms in total. The van der Waals surface area contributed by atoms with Crippen LogP contribution in [0, 0.1) is 0 Å². The minimum absolute atomic E-state index is 0.100. The summed E-state index contributed by atoms with van der Waals surface area (Å²) >= 11 is 1.33. The van der Waals surface area contributed by atoms with E-state index in [9.17, 15) is 9.90 Å². The van der Waals surface area contributed by atoms with Gasteiger partial charge in [0.2, 0.25) is 0 Å². The molecule has 1 N–H and O–H groups in total. The van der Waals surface area contributed by atoms with E-state index in [0.717, 1.165) is 16.3 Å². The summed E-state index contributed by atoms with van der Waals surface area (Å²) in [5, 5.41) is 12.5. The number of phenolic OH excluding ortho intramolecular Hbond substituents is 1. The molecule has 0 saturated carbocycles. The van der Waals surface area contributed by atoms with Crippen molar-refractivity contribution < 1.29 is 9.90 Å². The summed E-state index contributed by atoms with van der Waals surface area (Å²) in [5.41, 5.74) is 1.59. The Morgan fingerprint density at radius 1 is 1.07 bits per heavy atom. The summed E-state index contributed by atoms with van der Waals surface area (Å²) < 4.78 is 0. The molecule has 3 aromatic rings. The number of carbonyl (C=O) groups is 1. The molecular weight excluding hydrogens is 368 g/mol. The van der Waals surface area contributed by atoms with E-state index in [0.29, 0.717) is 22.3 Å². The normalized spacial score (nSPS) is 17.0. The van der Waals surface area contributed by atoms with Crippen molar-refractivity contribution in [1.82, 2.24) is 4.90 Å². The van der Waals surface area contributed by atoms with Crippen LogP contribution in [0.1, 0.15) is 5.56 Å². The average Bonchev–Trinajstić information content (AvgIpc) is 2.97. The second kappa shape index (κ2) is 7.74. The van der Waals surface area contributed by atoms with Gasteiger partial charge < -0.3 is 5.11 Å². The number of thioether (sulfide) groups is 1. The number of hydrogen-bond donors (Lipinski definition) is 1. The summed E-state index contributed by atoms with van der Waals surface area (Å²) in [5.74, 6) is 0.0368. The van der Waals surface area contributed by atoms with Crippen molar-refractivity contribution in [1.29, 1.82) is 0 Å². The molecule has 0 bridgehead atoms. The highest BCUT2D eigenvalue weighted by molar-refractivity contribution is 8.18. The smallest absolute Gasteiger partial charge is 0.267 e. The topological polar surface area (TPSA) is 52.9 Å². The average molecular weight is 386 g/mol. The van der Waals surface area contributed by atoms with Gasteiger partial charge in [-0.15, -0.1) is 6.58 Å². The summed E-state index contributed by atoms with van der Waals surface area (Å²) in [6.45, 7) is 4.12. The van der Waals surface area contributed by atoms with Crippen LogP contribution < -0.4 is 0 Å². The van der Waals surface area contributed by atoms with Gasteiger partial charge in [-0.05, 0) is 46.3 Å². The van der Waals surface area contributed by atoms with Gasteiger partial charge in [-0.25, -0.2) is 4.99 Å². The summed E-state index contributed by atoms with van der Waals surface area (Å²) in [6, 6.07) is 20.8. The third-order valence-corrected chi connectivity index (χ3v) is 5.37. The van der Waals surface area contributed by atoms with Gasteiger partial charge >= 0.3 is 0 Å². The Kier molecular flexibility index (Phi) is 5.00. The lowest BCUT2D eigenvalue weighted by Gasteiger charge is -2.12. The van der Waals surface area contributed by atoms with Crippen LogP contribution in [0.25, 0.3) is 16.8 Å². The molecule has 1 aliphatic heterocycles. The highest BCUT2D eigenvalue weighted by Gasteiger charge is 2.32. The van der Waals surface area contributed by atoms with Crippen molar-refractivity contribution in [3.8, 4) is 5.75 Å². The van der Waals surface area contributed by atoms with E-state index in [1.807, 2.05) is 30.3 Å². The second-order valence-electron chi connectivity index (χ2n) is 6.30. The highest BCUT2D eigenvalue weighted by atomic mass is 32.2. The Labute approximate surface area is 167 Å². The molecule has 1 saturated heterocycles. The fraction of sp³-hybridized carbons (Fsp3) is 0.0435. The first-order valence-corrected chi connectivity index (χ1v) is 9.65. The Balaban J connectivity index is 1.75. The summed E-state index contributed by atoms with van der Waals surface area (Å²) in [7, 11) is 0. The number of amidine groups is 1. The molecule has 4 rings (SSSR count). The fourth-order valence-corrected chi connectivity index (χ4v) is 4.07. The molecule has 0 atom stereocenters. The van der Waals surface area contributed by atoms with Crippen LogP contribution in [0.5, 0.6) is 5.75 Å². The largest absolute Gasteiger partial charge is 0.508 e. The molecule has 0 aliphatic carbocycles. The fourth-order valence-electron chi connectivity index (χ4n) is 3.07. The lowest BCUT2D eigenvalue weighted by Crippen LogP contribution is -2.29. The minimum Gasteiger partial charge on any atom is -0.508 e. The molecule has 0 radical (unpaired) electrons. The third kappa shape index (κ3) is 3.57. The maximum absolute atomic E-state index is 13.0. The molecule has 28 heavy (non-hydrogen) atoms. The van der Waals surface area contributed by atoms with Gasteiger partial charge in [0.25, 0.3) is 5.91 Å². The number of benzene rings is 3. The molecule has 3 aromatic carbocycles. The predicted octanol–water partition coefficient (Wildman–Crippen LogP) is 5.34. The second-order valence-corrected chi connectivity index (χ2v) is 7.31. The zero-order chi connectivity index (χ0) is 19.5. The lowest BCUT2D eigenvalue weighted by molar-refractivity contribution is -0.121. The number of amides is 1. The van der Waals surface area contributed by atoms with E-state index in [1.165, 1.54) is 11.8 Å². The molecule has 0 spiro atoms. The highest BCUT2D eigenvalue weighted by Crippen LogP contribution is 2.35. The first kappa shape index (κ1) is 18.1. The van der Waals surface area contributed by atoms with Crippen LogP contribution in [-0.4, -0.2) is 27.6 Å². The molecule has 0 unspecified atom stereocenters. The van der Waals surface area contributed by atoms with Gasteiger partial charge in [-0.2, -0.15) is 0 Å². The number of aromatic hydroxyl groups is 1. The van der Waals surface area contributed by atoms with Gasteiger partial charge in [0.15, 0.2) is 5.17 Å². The van der Waals surface area contributed by atoms with E-state index in [1.54, 1.807) is 35.2 Å². The monoisotopic (exact) mass is 386 g/mol. The van der Waals surface area contributed by atoms with E-state index in [-0.39, 0.29) is 11.7 Å². The van der Waals surface area contributed by atoms with E-state index < -0.39 is 0 Å². The summed E-state index contributed by atoms with van der Waals surface area (Å²) in [4.78, 5) is 19.7. The van der Waals surface area contributed by atoms with Crippen LogP contribution in [0.2, 0.25) is 0 Å². The number of phenols is 1. The van der Waals surface area contributed by atoms with Gasteiger partial charge in [0.05, 0.1) is 10.6 Å². The Bertz CT molecular complexity index is 1130. The molecule has 1 heterocycles. The zero-order valence-corrected chi connectivity index (χ0v) is 15.9. The molecule has 138 valence electrons. The number of fused-ring (bicyclic) bond motifs is 1. The maximum atomic E-state index is 13.0. The van der Waals surface area contributed by atoms with E-state index in [2.05, 4.69) is 29.8 Å². The number of rotatable bonds is 4. The van der Waals surface area contributed by atoms with Crippen molar-refractivity contribution in [3.63, 3.8) is 0 Å². The quantitative estimate of drug-likeness (QED) is 0.487. The minimum atomic E-state index is -0.100. The van der Waals surface area contributed by atoms with Crippen molar-refractivity contribution in [2.45, 2.75) is 0 Å². The first-order chi connectivity index (χ1) is 13.7. The van der Waals surface area contributed by atoms with Gasteiger partial charge in [-0.3, -0.25) is 9.69 Å². The van der Waals surface area contributed by atoms with Crippen LogP contribution in [-0.2, 0) is 4.79 Å². The molecule has 5 heteroatoms. The number of carbonyl (C=O) groups excluding carboxylic acids is 1. The number of aliphatic imine (C=N–C) groups is 1. The Morgan fingerprint density at radius 2 is 1.86 bits per heavy atom. The Hall–Kier alpha value is -3.31. The van der Waals surface area contributed by atoms with Gasteiger partial charge in [0, 0.05) is 12.6 Å². The first-order valence-electron chi connectivity index (χ1n) is 8.83. The molecule has 1 amide bonds. The van der Waals surface area contributed by atoms with Crippen LogP contribution in [0.3, 0.4) is 0 Å². The van der Waals surface area contributed by atoms with Crippen molar-refractivity contribution in [2.75, 3.05) is 6.54 Å².